The largest absolute Gasteiger partial charge is 0.301 e. The molecule has 0 bridgehead atoms. The number of non-ortho nitro benzene ring substituents is 1. The molecule has 1 aromatic rings. The van der Waals surface area contributed by atoms with Crippen molar-refractivity contribution in [2.45, 2.75) is 19.8 Å². The van der Waals surface area contributed by atoms with Crippen molar-refractivity contribution in [1.82, 2.24) is 0 Å². The number of thioether (sulfide) groups is 1. The summed E-state index contributed by atoms with van der Waals surface area (Å²) in [4.78, 5) is 20.9. The molecule has 22 heavy (non-hydrogen) atoms. The molecule has 0 aliphatic rings. The van der Waals surface area contributed by atoms with Crippen molar-refractivity contribution < 1.29 is 9.85 Å². The summed E-state index contributed by atoms with van der Waals surface area (Å²) >= 11 is 1.55. The van der Waals surface area contributed by atoms with E-state index >= 15 is 0 Å². The number of nitro groups is 2. The molecule has 0 heterocycles. The van der Waals surface area contributed by atoms with E-state index in [4.69, 9.17) is 0 Å². The maximum Gasteiger partial charge on any atom is 0.301 e. The number of unbranched alkanes of at least 4 members (excludes halogenated alkanes) is 1. The summed E-state index contributed by atoms with van der Waals surface area (Å²) in [5, 5.41) is 25.4. The minimum Gasteiger partial charge on any atom is -0.272 e. The number of allylic oxidation sites excluding steroid dienone is 1. The van der Waals surface area contributed by atoms with Crippen LogP contribution in [0.15, 0.2) is 34.8 Å². The molecular weight excluding hydrogens is 308 g/mol. The van der Waals surface area contributed by atoms with E-state index in [1.54, 1.807) is 11.8 Å². The summed E-state index contributed by atoms with van der Waals surface area (Å²) in [5.41, 5.74) is 1.84. The minimum atomic E-state index is -0.699. The molecule has 0 fully saturated rings. The van der Waals surface area contributed by atoms with Crippen LogP contribution in [0.5, 0.6) is 0 Å². The van der Waals surface area contributed by atoms with E-state index in [9.17, 15) is 20.2 Å². The zero-order chi connectivity index (χ0) is 16.5. The van der Waals surface area contributed by atoms with Crippen LogP contribution in [0.25, 0.3) is 0 Å². The molecule has 8 nitrogen and oxygen atoms in total. The maximum atomic E-state index is 10.9. The normalized spacial score (nSPS) is 10.6. The molecule has 9 heteroatoms. The van der Waals surface area contributed by atoms with Gasteiger partial charge in [0.15, 0.2) is 0 Å². The molecule has 0 aliphatic carbocycles. The van der Waals surface area contributed by atoms with Gasteiger partial charge in [0.1, 0.15) is 5.69 Å². The first-order chi connectivity index (χ1) is 10.5. The smallest absolute Gasteiger partial charge is 0.272 e. The second-order valence-corrected chi connectivity index (χ2v) is 5.48. The lowest BCUT2D eigenvalue weighted by Gasteiger charge is -2.02. The van der Waals surface area contributed by atoms with Crippen molar-refractivity contribution in [3.05, 3.63) is 49.9 Å². The summed E-state index contributed by atoms with van der Waals surface area (Å²) in [6, 6.07) is 3.32. The van der Waals surface area contributed by atoms with Crippen molar-refractivity contribution in [3.63, 3.8) is 0 Å². The third-order valence-electron chi connectivity index (χ3n) is 2.57. The van der Waals surface area contributed by atoms with Crippen LogP contribution in [0.1, 0.15) is 19.8 Å². The van der Waals surface area contributed by atoms with Crippen molar-refractivity contribution >= 4 is 35.0 Å². The van der Waals surface area contributed by atoms with Crippen molar-refractivity contribution in [2.75, 3.05) is 11.2 Å². The van der Waals surface area contributed by atoms with E-state index < -0.39 is 15.5 Å². The highest BCUT2D eigenvalue weighted by atomic mass is 32.2. The van der Waals surface area contributed by atoms with Gasteiger partial charge in [-0.25, -0.2) is 0 Å². The van der Waals surface area contributed by atoms with Gasteiger partial charge in [-0.15, -0.1) is 11.8 Å². The summed E-state index contributed by atoms with van der Waals surface area (Å²) in [5.74, 6) is 0.930. The van der Waals surface area contributed by atoms with Crippen molar-refractivity contribution in [3.8, 4) is 0 Å². The maximum absolute atomic E-state index is 10.9. The van der Waals surface area contributed by atoms with E-state index in [0.29, 0.717) is 0 Å². The average Bonchev–Trinajstić information content (AvgIpc) is 2.47. The quantitative estimate of drug-likeness (QED) is 0.319. The summed E-state index contributed by atoms with van der Waals surface area (Å²) < 4.78 is 0. The molecule has 0 saturated heterocycles. The minimum absolute atomic E-state index is 0.0817. The Bertz CT molecular complexity index is 604. The molecule has 118 valence electrons. The Morgan fingerprint density at radius 2 is 2.14 bits per heavy atom. The van der Waals surface area contributed by atoms with Gasteiger partial charge in [0.05, 0.1) is 22.1 Å². The lowest BCUT2D eigenvalue weighted by Crippen LogP contribution is -1.98. The van der Waals surface area contributed by atoms with Crippen LogP contribution in [0, 0.1) is 20.2 Å². The van der Waals surface area contributed by atoms with E-state index in [0.717, 1.165) is 29.6 Å². The molecule has 0 aromatic heterocycles. The summed E-state index contributed by atoms with van der Waals surface area (Å²) in [6.07, 6.45) is 3.62. The fourth-order valence-electron chi connectivity index (χ4n) is 1.44. The summed E-state index contributed by atoms with van der Waals surface area (Å²) in [7, 11) is 0. The Morgan fingerprint density at radius 1 is 1.41 bits per heavy atom. The van der Waals surface area contributed by atoms with Gasteiger partial charge in [-0.1, -0.05) is 19.9 Å². The number of benzene rings is 1. The zero-order valence-corrected chi connectivity index (χ0v) is 12.8. The lowest BCUT2D eigenvalue weighted by molar-refractivity contribution is -0.393. The second kappa shape index (κ2) is 8.78. The van der Waals surface area contributed by atoms with Gasteiger partial charge >= 0.3 is 5.69 Å². The third kappa shape index (κ3) is 5.52. The molecule has 0 atom stereocenters. The van der Waals surface area contributed by atoms with Crippen LogP contribution in [0.2, 0.25) is 0 Å². The highest BCUT2D eigenvalue weighted by Gasteiger charge is 2.18. The Labute approximate surface area is 131 Å². The number of rotatable bonds is 9. The molecule has 0 aliphatic heterocycles. The van der Waals surface area contributed by atoms with Crippen LogP contribution < -0.4 is 5.43 Å². The molecule has 1 rings (SSSR count). The molecule has 0 radical (unpaired) electrons. The number of anilines is 1. The standard InChI is InChI=1S/C13H16N4O4S/c1-3-4-7-22-10(2)9-14-15-12-6-5-11(16(18)19)8-13(12)17(20)21/h5-6,8-9,15H,2-4,7H2,1H3. The van der Waals surface area contributed by atoms with E-state index in [1.807, 2.05) is 0 Å². The second-order valence-electron chi connectivity index (χ2n) is 4.25. The number of nitro benzene ring substituents is 2. The van der Waals surface area contributed by atoms with Crippen LogP contribution >= 0.6 is 11.8 Å². The van der Waals surface area contributed by atoms with Gasteiger partial charge < -0.3 is 0 Å². The Hall–Kier alpha value is -2.42. The van der Waals surface area contributed by atoms with Crippen molar-refractivity contribution in [1.29, 1.82) is 0 Å². The first kappa shape index (κ1) is 17.6. The van der Waals surface area contributed by atoms with Crippen molar-refractivity contribution in [2.24, 2.45) is 5.10 Å². The number of nitrogens with one attached hydrogen (secondary N) is 1. The molecule has 0 unspecified atom stereocenters. The van der Waals surface area contributed by atoms with E-state index in [1.165, 1.54) is 18.3 Å². The molecule has 0 saturated carbocycles. The van der Waals surface area contributed by atoms with Gasteiger partial charge in [0.25, 0.3) is 5.69 Å². The van der Waals surface area contributed by atoms with Gasteiger partial charge in [-0.2, -0.15) is 5.10 Å². The fraction of sp³-hybridized carbons (Fsp3) is 0.308. The van der Waals surface area contributed by atoms with E-state index in [-0.39, 0.29) is 11.4 Å². The topological polar surface area (TPSA) is 111 Å². The number of hydrogen-bond acceptors (Lipinski definition) is 7. The first-order valence-electron chi connectivity index (χ1n) is 6.49. The number of nitrogens with zero attached hydrogens (tertiary/aromatic N) is 3. The highest BCUT2D eigenvalue weighted by Crippen LogP contribution is 2.28. The molecule has 1 N–H and O–H groups in total. The molecular formula is C13H16N4O4S. The Morgan fingerprint density at radius 3 is 2.73 bits per heavy atom. The monoisotopic (exact) mass is 324 g/mol. The van der Waals surface area contributed by atoms with Crippen LogP contribution in [-0.2, 0) is 0 Å². The first-order valence-corrected chi connectivity index (χ1v) is 7.48. The van der Waals surface area contributed by atoms with Gasteiger partial charge in [-0.05, 0) is 18.2 Å². The van der Waals surface area contributed by atoms with Crippen LogP contribution in [0.3, 0.4) is 0 Å². The number of hydrazone groups is 1. The SMILES string of the molecule is C=C(C=NNc1ccc([N+](=O)[O-])cc1[N+](=O)[O-])SCCCC. The fourth-order valence-corrected chi connectivity index (χ4v) is 2.26. The zero-order valence-electron chi connectivity index (χ0n) is 12.0. The lowest BCUT2D eigenvalue weighted by atomic mass is 10.2. The van der Waals surface area contributed by atoms with Crippen LogP contribution in [0.4, 0.5) is 17.1 Å². The molecule has 1 aromatic carbocycles. The van der Waals surface area contributed by atoms with E-state index in [2.05, 4.69) is 24.0 Å². The van der Waals surface area contributed by atoms with Gasteiger partial charge in [-0.3, -0.25) is 25.7 Å². The molecule has 0 amide bonds. The predicted molar refractivity (Wildman–Crippen MR) is 88.4 cm³/mol. The number of hydrogen-bond donors (Lipinski definition) is 1. The molecule has 0 spiro atoms. The van der Waals surface area contributed by atoms with Gasteiger partial charge in [0.2, 0.25) is 0 Å². The Kier molecular flexibility index (Phi) is 7.03. The Balaban J connectivity index is 2.75. The predicted octanol–water partition coefficient (Wildman–Crippen LogP) is 3.95. The highest BCUT2D eigenvalue weighted by molar-refractivity contribution is 8.03. The average molecular weight is 324 g/mol. The van der Waals surface area contributed by atoms with Crippen LogP contribution in [-0.4, -0.2) is 21.8 Å². The van der Waals surface area contributed by atoms with Gasteiger partial charge in [0, 0.05) is 11.0 Å². The third-order valence-corrected chi connectivity index (χ3v) is 3.54. The summed E-state index contributed by atoms with van der Waals surface area (Å²) in [6.45, 7) is 5.89.